The van der Waals surface area contributed by atoms with Crippen LogP contribution in [-0.4, -0.2) is 38.9 Å². The molecule has 0 aliphatic heterocycles. The molecular formula is C21H28O4. The molecule has 0 aromatic carbocycles. The maximum atomic E-state index is 11.9. The summed E-state index contributed by atoms with van der Waals surface area (Å²) in [6, 6.07) is 0. The molecule has 4 aliphatic rings. The number of terminal acetylenes is 1. The van der Waals surface area contributed by atoms with Crippen LogP contribution in [0.5, 0.6) is 0 Å². The third kappa shape index (κ3) is 2.16. The Morgan fingerprint density at radius 2 is 1.96 bits per heavy atom. The van der Waals surface area contributed by atoms with E-state index in [0.717, 1.165) is 6.42 Å². The normalized spacial score (nSPS) is 54.8. The Labute approximate surface area is 149 Å². The highest BCUT2D eigenvalue weighted by Crippen LogP contribution is 2.65. The van der Waals surface area contributed by atoms with E-state index in [2.05, 4.69) is 18.9 Å². The van der Waals surface area contributed by atoms with E-state index in [1.54, 1.807) is 0 Å². The van der Waals surface area contributed by atoms with Crippen LogP contribution in [-0.2, 0) is 4.79 Å². The smallest absolute Gasteiger partial charge is 0.136 e. The molecule has 9 atom stereocenters. The number of ketones is 1. The second-order valence-corrected chi connectivity index (χ2v) is 9.11. The quantitative estimate of drug-likeness (QED) is 0.461. The van der Waals surface area contributed by atoms with Crippen LogP contribution in [0, 0.1) is 47.3 Å². The van der Waals surface area contributed by atoms with Crippen molar-refractivity contribution in [3.63, 3.8) is 0 Å². The highest BCUT2D eigenvalue weighted by Gasteiger charge is 2.68. The Bertz CT molecular complexity index is 676. The molecule has 25 heavy (non-hydrogen) atoms. The first kappa shape index (κ1) is 17.3. The number of hydrogen-bond acceptors (Lipinski definition) is 4. The monoisotopic (exact) mass is 344 g/mol. The number of aliphatic hydroxyl groups excluding tert-OH is 2. The molecule has 0 spiro atoms. The van der Waals surface area contributed by atoms with Gasteiger partial charge in [-0.15, -0.1) is 6.42 Å². The van der Waals surface area contributed by atoms with Gasteiger partial charge in [0, 0.05) is 24.7 Å². The average Bonchev–Trinajstić information content (AvgIpc) is 2.73. The Morgan fingerprint density at radius 1 is 1.24 bits per heavy atom. The number of allylic oxidation sites excluding steroid dienone is 2. The van der Waals surface area contributed by atoms with Gasteiger partial charge >= 0.3 is 0 Å². The molecule has 0 aromatic heterocycles. The Kier molecular flexibility index (Phi) is 3.75. The topological polar surface area (TPSA) is 77.8 Å². The summed E-state index contributed by atoms with van der Waals surface area (Å²) >= 11 is 0. The van der Waals surface area contributed by atoms with E-state index in [1.807, 2.05) is 6.92 Å². The van der Waals surface area contributed by atoms with Crippen LogP contribution in [0.4, 0.5) is 0 Å². The molecule has 0 saturated heterocycles. The van der Waals surface area contributed by atoms with Gasteiger partial charge in [0.15, 0.2) is 0 Å². The van der Waals surface area contributed by atoms with Crippen molar-refractivity contribution in [1.82, 2.24) is 0 Å². The standard InChI is InChI=1S/C21H28O4/c1-4-21(25)10-16(24)19-17-11(2)7-12-8-13(22)5-6-14(12)18(17)15(23)9-20(19,21)3/h1,7,11,14-19,23-25H,5-6,8-10H2,2-3H3/t11-,14?,15-,16-,17-,18+,19+,20+,21+/m1/s1. The van der Waals surface area contributed by atoms with Crippen LogP contribution < -0.4 is 0 Å². The van der Waals surface area contributed by atoms with Crippen molar-refractivity contribution in [3.8, 4) is 12.3 Å². The zero-order valence-electron chi connectivity index (χ0n) is 15.0. The molecule has 4 rings (SSSR count). The first-order chi connectivity index (χ1) is 11.7. The molecule has 0 radical (unpaired) electrons. The third-order valence-electron chi connectivity index (χ3n) is 7.94. The van der Waals surface area contributed by atoms with E-state index in [1.165, 1.54) is 5.57 Å². The average molecular weight is 344 g/mol. The number of hydrogen-bond donors (Lipinski definition) is 3. The summed E-state index contributed by atoms with van der Waals surface area (Å²) in [5.41, 5.74) is -0.895. The Morgan fingerprint density at radius 3 is 2.64 bits per heavy atom. The summed E-state index contributed by atoms with van der Waals surface area (Å²) in [6.45, 7) is 4.04. The molecule has 136 valence electrons. The van der Waals surface area contributed by atoms with Gasteiger partial charge < -0.3 is 15.3 Å². The van der Waals surface area contributed by atoms with Crippen LogP contribution in [0.25, 0.3) is 0 Å². The molecule has 0 bridgehead atoms. The minimum absolute atomic E-state index is 0.0379. The van der Waals surface area contributed by atoms with E-state index in [-0.39, 0.29) is 41.8 Å². The lowest BCUT2D eigenvalue weighted by Crippen LogP contribution is -2.59. The van der Waals surface area contributed by atoms with Gasteiger partial charge in [-0.2, -0.15) is 0 Å². The predicted molar refractivity (Wildman–Crippen MR) is 93.2 cm³/mol. The number of aliphatic hydroxyl groups is 3. The Balaban J connectivity index is 1.79. The second-order valence-electron chi connectivity index (χ2n) is 9.11. The van der Waals surface area contributed by atoms with Gasteiger partial charge in [-0.3, -0.25) is 4.79 Å². The molecule has 1 unspecified atom stereocenters. The van der Waals surface area contributed by atoms with E-state index in [9.17, 15) is 20.1 Å². The van der Waals surface area contributed by atoms with Crippen molar-refractivity contribution in [1.29, 1.82) is 0 Å². The van der Waals surface area contributed by atoms with Crippen LogP contribution in [0.3, 0.4) is 0 Å². The maximum Gasteiger partial charge on any atom is 0.136 e. The van der Waals surface area contributed by atoms with E-state index < -0.39 is 23.2 Å². The molecule has 0 aromatic rings. The van der Waals surface area contributed by atoms with Gasteiger partial charge in [0.2, 0.25) is 0 Å². The van der Waals surface area contributed by atoms with Gasteiger partial charge in [-0.1, -0.05) is 31.4 Å². The Hall–Kier alpha value is -1.15. The van der Waals surface area contributed by atoms with Gasteiger partial charge in [0.25, 0.3) is 0 Å². The largest absolute Gasteiger partial charge is 0.393 e. The fourth-order valence-electron chi connectivity index (χ4n) is 6.87. The van der Waals surface area contributed by atoms with Gasteiger partial charge in [-0.25, -0.2) is 0 Å². The zero-order chi connectivity index (χ0) is 18.1. The summed E-state index contributed by atoms with van der Waals surface area (Å²) in [6.07, 6.45) is 9.06. The molecule has 0 amide bonds. The number of Topliss-reactive ketones (excluding diaryl/α,β-unsaturated/α-hetero) is 1. The van der Waals surface area contributed by atoms with Crippen molar-refractivity contribution >= 4 is 5.78 Å². The number of rotatable bonds is 0. The molecule has 4 nitrogen and oxygen atoms in total. The molecule has 3 fully saturated rings. The van der Waals surface area contributed by atoms with Crippen LogP contribution in [0.2, 0.25) is 0 Å². The first-order valence-electron chi connectivity index (χ1n) is 9.50. The summed E-state index contributed by atoms with van der Waals surface area (Å²) in [4.78, 5) is 11.9. The van der Waals surface area contributed by atoms with Gasteiger partial charge in [0.05, 0.1) is 12.2 Å². The number of carbonyl (C=O) groups is 1. The fraction of sp³-hybridized carbons (Fsp3) is 0.762. The summed E-state index contributed by atoms with van der Waals surface area (Å²) in [5, 5.41) is 32.9. The molecule has 3 N–H and O–H groups in total. The van der Waals surface area contributed by atoms with Crippen molar-refractivity contribution in [2.75, 3.05) is 0 Å². The highest BCUT2D eigenvalue weighted by molar-refractivity contribution is 5.82. The summed E-state index contributed by atoms with van der Waals surface area (Å²) < 4.78 is 0. The van der Waals surface area contributed by atoms with Crippen molar-refractivity contribution in [2.45, 2.75) is 63.8 Å². The minimum atomic E-state index is -1.38. The van der Waals surface area contributed by atoms with Crippen LogP contribution in [0.15, 0.2) is 11.6 Å². The SMILES string of the molecule is C#C[C@]1(O)C[C@@H](O)[C@H]2[C@H]3[C@@H](C4CCC(=O)CC4=C[C@H]3C)[C@H](O)C[C@@]21C. The van der Waals surface area contributed by atoms with Gasteiger partial charge in [-0.05, 0) is 42.4 Å². The number of carbonyl (C=O) groups excluding carboxylic acids is 1. The van der Waals surface area contributed by atoms with Crippen molar-refractivity contribution in [3.05, 3.63) is 11.6 Å². The zero-order valence-corrected chi connectivity index (χ0v) is 15.0. The molecule has 0 heterocycles. The van der Waals surface area contributed by atoms with Gasteiger partial charge in [0.1, 0.15) is 11.4 Å². The molecule has 4 heteroatoms. The lowest BCUT2D eigenvalue weighted by Gasteiger charge is -2.57. The van der Waals surface area contributed by atoms with E-state index >= 15 is 0 Å². The highest BCUT2D eigenvalue weighted by atomic mass is 16.3. The first-order valence-corrected chi connectivity index (χ1v) is 9.50. The van der Waals surface area contributed by atoms with E-state index in [0.29, 0.717) is 19.3 Å². The number of fused-ring (bicyclic) bond motifs is 5. The van der Waals surface area contributed by atoms with Crippen molar-refractivity contribution < 1.29 is 20.1 Å². The minimum Gasteiger partial charge on any atom is -0.393 e. The van der Waals surface area contributed by atoms with Crippen molar-refractivity contribution in [2.24, 2.45) is 35.0 Å². The van der Waals surface area contributed by atoms with Crippen LogP contribution in [0.1, 0.15) is 46.0 Å². The predicted octanol–water partition coefficient (Wildman–Crippen LogP) is 1.68. The lowest BCUT2D eigenvalue weighted by atomic mass is 9.48. The molecule has 4 aliphatic carbocycles. The summed E-state index contributed by atoms with van der Waals surface area (Å²) in [5.74, 6) is 3.16. The van der Waals surface area contributed by atoms with E-state index in [4.69, 9.17) is 6.42 Å². The fourth-order valence-corrected chi connectivity index (χ4v) is 6.87. The lowest BCUT2D eigenvalue weighted by molar-refractivity contribution is -0.154. The maximum absolute atomic E-state index is 11.9. The third-order valence-corrected chi connectivity index (χ3v) is 7.94. The summed E-state index contributed by atoms with van der Waals surface area (Å²) in [7, 11) is 0. The molecule has 3 saturated carbocycles. The van der Waals surface area contributed by atoms with Crippen LogP contribution >= 0.6 is 0 Å². The molecular weight excluding hydrogens is 316 g/mol. The second kappa shape index (κ2) is 5.42.